The molecule has 2 aliphatic carbocycles. The molecule has 0 aliphatic heterocycles. The summed E-state index contributed by atoms with van der Waals surface area (Å²) in [6.45, 7) is 27.1. The van der Waals surface area contributed by atoms with Crippen LogP contribution in [0.5, 0.6) is 0 Å². The molecule has 8 aromatic rings. The van der Waals surface area contributed by atoms with Crippen molar-refractivity contribution in [3.63, 3.8) is 0 Å². The summed E-state index contributed by atoms with van der Waals surface area (Å²) < 4.78 is 0. The van der Waals surface area contributed by atoms with Crippen LogP contribution in [0, 0.1) is 83.1 Å². The van der Waals surface area contributed by atoms with Gasteiger partial charge in [-0.05, 0) is 241 Å². The molecule has 0 fully saturated rings. The van der Waals surface area contributed by atoms with Crippen molar-refractivity contribution in [3.05, 3.63) is 210 Å². The van der Waals surface area contributed by atoms with Gasteiger partial charge in [0.2, 0.25) is 0 Å². The Morgan fingerprint density at radius 3 is 0.590 bits per heavy atom. The Hall–Kier alpha value is -6.24. The molecule has 1 spiro atoms. The van der Waals surface area contributed by atoms with Crippen LogP contribution in [0.15, 0.2) is 121 Å². The maximum atomic E-state index is 2.57. The van der Waals surface area contributed by atoms with E-state index in [1.54, 1.807) is 0 Å². The van der Waals surface area contributed by atoms with E-state index in [0.29, 0.717) is 0 Å². The van der Waals surface area contributed by atoms with E-state index in [-0.39, 0.29) is 0 Å². The van der Waals surface area contributed by atoms with Crippen molar-refractivity contribution in [2.75, 3.05) is 0 Å². The summed E-state index contributed by atoms with van der Waals surface area (Å²) in [5, 5.41) is 0. The summed E-state index contributed by atoms with van der Waals surface area (Å²) in [7, 11) is 0. The minimum Gasteiger partial charge on any atom is -0.0557 e. The van der Waals surface area contributed by atoms with Crippen LogP contribution < -0.4 is 0 Å². The monoisotopic (exact) mass is 788 g/mol. The summed E-state index contributed by atoms with van der Waals surface area (Å²) in [5.41, 5.74) is 36.5. The molecular weight excluding hydrogens is 733 g/mol. The standard InChI is InChI=1S/C61H56/c1-33-21-37(5)57(38(6)22-33)45-13-17-49-50-18-14-46(58-39(7)23-34(2)24-40(58)8)30-54(50)61(53(49)29-45)55-31-47(59-41(9)25-35(3)26-42(59)10)15-19-51(55)52-20-16-48(32-56(52)61)60-43(11)27-36(4)28-44(60)12/h13-32H,1-12H3. The third-order valence-corrected chi connectivity index (χ3v) is 14.1. The average Bonchev–Trinajstić information content (AvgIpc) is 3.62. The predicted octanol–water partition coefficient (Wildman–Crippen LogP) is 16.4. The first-order valence-electron chi connectivity index (χ1n) is 22.1. The van der Waals surface area contributed by atoms with Crippen LogP contribution >= 0.6 is 0 Å². The lowest BCUT2D eigenvalue weighted by Gasteiger charge is -2.32. The Bertz CT molecular complexity index is 2670. The molecule has 0 amide bonds. The van der Waals surface area contributed by atoms with Crippen molar-refractivity contribution in [1.82, 2.24) is 0 Å². The van der Waals surface area contributed by atoms with Crippen molar-refractivity contribution >= 4 is 0 Å². The molecular formula is C61H56. The quantitative estimate of drug-likeness (QED) is 0.167. The summed E-state index contributed by atoms with van der Waals surface area (Å²) >= 11 is 0. The van der Waals surface area contributed by atoms with E-state index in [0.717, 1.165) is 0 Å². The van der Waals surface area contributed by atoms with Crippen LogP contribution in [0.3, 0.4) is 0 Å². The van der Waals surface area contributed by atoms with E-state index in [4.69, 9.17) is 0 Å². The Balaban J connectivity index is 1.36. The summed E-state index contributed by atoms with van der Waals surface area (Å²) in [5.74, 6) is 0. The number of rotatable bonds is 4. The zero-order valence-electron chi connectivity index (χ0n) is 38.0. The fraction of sp³-hybridized carbons (Fsp3) is 0.213. The highest BCUT2D eigenvalue weighted by Crippen LogP contribution is 2.64. The number of hydrogen-bond acceptors (Lipinski definition) is 0. The molecule has 0 unspecified atom stereocenters. The minimum absolute atomic E-state index is 0.564. The fourth-order valence-electron chi connectivity index (χ4n) is 12.4. The summed E-state index contributed by atoms with van der Waals surface area (Å²) in [4.78, 5) is 0. The zero-order chi connectivity index (χ0) is 42.8. The van der Waals surface area contributed by atoms with Gasteiger partial charge in [0.15, 0.2) is 0 Å². The third-order valence-electron chi connectivity index (χ3n) is 14.1. The molecule has 61 heavy (non-hydrogen) atoms. The molecule has 10 rings (SSSR count). The van der Waals surface area contributed by atoms with Gasteiger partial charge >= 0.3 is 0 Å². The second kappa shape index (κ2) is 13.9. The SMILES string of the molecule is Cc1cc(C)c(-c2ccc3c(c2)C2(c4cc(-c5c(C)cc(C)cc5C)ccc4-3)c3cc(-c4c(C)cc(C)cc4C)ccc3-c3ccc(-c4c(C)cc(C)cc4C)cc32)c(C)c1. The fourth-order valence-corrected chi connectivity index (χ4v) is 12.4. The molecule has 0 bridgehead atoms. The normalized spacial score (nSPS) is 13.0. The second-order valence-corrected chi connectivity index (χ2v) is 18.9. The lowest BCUT2D eigenvalue weighted by atomic mass is 9.69. The molecule has 0 nitrogen and oxygen atoms in total. The predicted molar refractivity (Wildman–Crippen MR) is 261 cm³/mol. The molecule has 300 valence electrons. The number of fused-ring (bicyclic) bond motifs is 10. The van der Waals surface area contributed by atoms with Crippen LogP contribution in [0.25, 0.3) is 66.8 Å². The molecule has 0 atom stereocenters. The topological polar surface area (TPSA) is 0 Å². The molecule has 0 saturated carbocycles. The van der Waals surface area contributed by atoms with Crippen molar-refractivity contribution in [2.24, 2.45) is 0 Å². The van der Waals surface area contributed by atoms with E-state index in [1.165, 1.54) is 156 Å². The number of aryl methyl sites for hydroxylation is 12. The van der Waals surface area contributed by atoms with Gasteiger partial charge in [0.1, 0.15) is 0 Å². The highest BCUT2D eigenvalue weighted by Gasteiger charge is 2.52. The molecule has 8 aromatic carbocycles. The molecule has 0 saturated heterocycles. The van der Waals surface area contributed by atoms with Gasteiger partial charge in [-0.15, -0.1) is 0 Å². The van der Waals surface area contributed by atoms with Gasteiger partial charge in [0.05, 0.1) is 5.41 Å². The second-order valence-electron chi connectivity index (χ2n) is 18.9. The van der Waals surface area contributed by atoms with Crippen LogP contribution in [-0.4, -0.2) is 0 Å². The van der Waals surface area contributed by atoms with E-state index in [2.05, 4.69) is 204 Å². The van der Waals surface area contributed by atoms with Crippen molar-refractivity contribution in [1.29, 1.82) is 0 Å². The lowest BCUT2D eigenvalue weighted by molar-refractivity contribution is 0.795. The van der Waals surface area contributed by atoms with Crippen LogP contribution in [0.2, 0.25) is 0 Å². The van der Waals surface area contributed by atoms with Crippen LogP contribution in [0.4, 0.5) is 0 Å². The van der Waals surface area contributed by atoms with Crippen molar-refractivity contribution in [3.8, 4) is 66.8 Å². The molecule has 0 aromatic heterocycles. The van der Waals surface area contributed by atoms with Gasteiger partial charge in [0, 0.05) is 0 Å². The van der Waals surface area contributed by atoms with Gasteiger partial charge in [-0.3, -0.25) is 0 Å². The van der Waals surface area contributed by atoms with Gasteiger partial charge in [-0.1, -0.05) is 119 Å². The maximum absolute atomic E-state index is 2.57. The highest BCUT2D eigenvalue weighted by atomic mass is 14.5. The molecule has 2 aliphatic rings. The van der Waals surface area contributed by atoms with E-state index in [9.17, 15) is 0 Å². The van der Waals surface area contributed by atoms with Crippen LogP contribution in [-0.2, 0) is 5.41 Å². The molecule has 0 radical (unpaired) electrons. The molecule has 0 N–H and O–H groups in total. The molecule has 0 heterocycles. The lowest BCUT2D eigenvalue weighted by Crippen LogP contribution is -2.26. The Kier molecular flexibility index (Phi) is 8.87. The summed E-state index contributed by atoms with van der Waals surface area (Å²) in [6.07, 6.45) is 0. The van der Waals surface area contributed by atoms with Gasteiger partial charge in [-0.2, -0.15) is 0 Å². The first kappa shape index (κ1) is 38.9. The first-order chi connectivity index (χ1) is 29.1. The van der Waals surface area contributed by atoms with Crippen molar-refractivity contribution < 1.29 is 0 Å². The number of hydrogen-bond donors (Lipinski definition) is 0. The zero-order valence-corrected chi connectivity index (χ0v) is 38.0. The Morgan fingerprint density at radius 1 is 0.230 bits per heavy atom. The average molecular weight is 789 g/mol. The highest BCUT2D eigenvalue weighted by molar-refractivity contribution is 5.99. The number of benzene rings is 8. The van der Waals surface area contributed by atoms with E-state index >= 15 is 0 Å². The van der Waals surface area contributed by atoms with Crippen LogP contribution in [0.1, 0.15) is 89.0 Å². The largest absolute Gasteiger partial charge is 0.0726 e. The molecule has 0 heteroatoms. The first-order valence-corrected chi connectivity index (χ1v) is 22.1. The van der Waals surface area contributed by atoms with Gasteiger partial charge in [-0.25, -0.2) is 0 Å². The third kappa shape index (κ3) is 5.79. The summed E-state index contributed by atoms with van der Waals surface area (Å²) in [6, 6.07) is 48.3. The Morgan fingerprint density at radius 2 is 0.410 bits per heavy atom. The Labute approximate surface area is 364 Å². The van der Waals surface area contributed by atoms with Crippen molar-refractivity contribution in [2.45, 2.75) is 88.5 Å². The smallest absolute Gasteiger partial charge is 0.0557 e. The minimum atomic E-state index is -0.564. The van der Waals surface area contributed by atoms with E-state index < -0.39 is 5.41 Å². The maximum Gasteiger partial charge on any atom is 0.0726 e. The van der Waals surface area contributed by atoms with Gasteiger partial charge < -0.3 is 0 Å². The van der Waals surface area contributed by atoms with E-state index in [1.807, 2.05) is 0 Å². The van der Waals surface area contributed by atoms with Gasteiger partial charge in [0.25, 0.3) is 0 Å².